The van der Waals surface area contributed by atoms with Crippen LogP contribution in [0.1, 0.15) is 9.88 Å². The van der Waals surface area contributed by atoms with Crippen molar-refractivity contribution in [3.63, 3.8) is 0 Å². The van der Waals surface area contributed by atoms with Gasteiger partial charge in [0.2, 0.25) is 0 Å². The Balaban J connectivity index is 2.13. The summed E-state index contributed by atoms with van der Waals surface area (Å²) >= 11 is 13.6. The van der Waals surface area contributed by atoms with Crippen molar-refractivity contribution in [2.45, 2.75) is 13.5 Å². The molecule has 0 aromatic carbocycles. The van der Waals surface area contributed by atoms with Gasteiger partial charge in [0.05, 0.1) is 21.6 Å². The lowest BCUT2D eigenvalue weighted by Crippen LogP contribution is -2.11. The van der Waals surface area contributed by atoms with Crippen LogP contribution in [0.5, 0.6) is 0 Å². The zero-order valence-corrected chi connectivity index (χ0v) is 11.8. The van der Waals surface area contributed by atoms with Gasteiger partial charge in [0.15, 0.2) is 5.82 Å². The van der Waals surface area contributed by atoms with Gasteiger partial charge in [-0.15, -0.1) is 11.3 Å². The number of hydrogen-bond acceptors (Lipinski definition) is 6. The zero-order valence-electron chi connectivity index (χ0n) is 9.50. The van der Waals surface area contributed by atoms with Crippen molar-refractivity contribution in [2.75, 3.05) is 10.7 Å². The molecule has 0 aliphatic carbocycles. The third-order valence-electron chi connectivity index (χ3n) is 2.17. The summed E-state index contributed by atoms with van der Waals surface area (Å²) in [5.74, 6) is 6.21. The highest BCUT2D eigenvalue weighted by molar-refractivity contribution is 7.11. The fourth-order valence-electron chi connectivity index (χ4n) is 1.35. The summed E-state index contributed by atoms with van der Waals surface area (Å²) in [6.07, 6.45) is 1.82. The fraction of sp³-hybridized carbons (Fsp3) is 0.200. The lowest BCUT2D eigenvalue weighted by Gasteiger charge is -2.09. The zero-order chi connectivity index (χ0) is 13.1. The second kappa shape index (κ2) is 5.71. The Kier molecular flexibility index (Phi) is 4.23. The van der Waals surface area contributed by atoms with E-state index >= 15 is 0 Å². The molecule has 0 aliphatic rings. The quantitative estimate of drug-likeness (QED) is 0.598. The summed E-state index contributed by atoms with van der Waals surface area (Å²) in [6.45, 7) is 2.56. The topological polar surface area (TPSA) is 75.9 Å². The van der Waals surface area contributed by atoms with Crippen LogP contribution < -0.4 is 16.6 Å². The maximum absolute atomic E-state index is 6.04. The molecule has 0 bridgehead atoms. The number of halogens is 2. The van der Waals surface area contributed by atoms with Gasteiger partial charge in [-0.2, -0.15) is 0 Å². The third kappa shape index (κ3) is 3.02. The molecule has 5 nitrogen and oxygen atoms in total. The van der Waals surface area contributed by atoms with Crippen LogP contribution >= 0.6 is 34.5 Å². The number of nitrogens with zero attached hydrogens (tertiary/aromatic N) is 2. The lowest BCUT2D eigenvalue weighted by molar-refractivity contribution is 1.12. The van der Waals surface area contributed by atoms with E-state index in [2.05, 4.69) is 20.7 Å². The van der Waals surface area contributed by atoms with Crippen LogP contribution in [-0.4, -0.2) is 9.97 Å². The molecule has 8 heteroatoms. The van der Waals surface area contributed by atoms with E-state index in [1.807, 2.05) is 13.1 Å². The Labute approximate surface area is 118 Å². The molecule has 0 unspecified atom stereocenters. The van der Waals surface area contributed by atoms with Crippen LogP contribution in [0, 0.1) is 6.92 Å². The molecule has 0 radical (unpaired) electrons. The summed E-state index contributed by atoms with van der Waals surface area (Å²) in [5.41, 5.74) is 2.41. The molecule has 0 saturated heterocycles. The first-order valence-electron chi connectivity index (χ1n) is 5.08. The first kappa shape index (κ1) is 13.4. The molecular formula is C10H11Cl2N5S. The van der Waals surface area contributed by atoms with E-state index in [1.54, 1.807) is 17.4 Å². The van der Waals surface area contributed by atoms with Crippen molar-refractivity contribution in [3.05, 3.63) is 32.2 Å². The van der Waals surface area contributed by atoms with Gasteiger partial charge in [-0.3, -0.25) is 0 Å². The molecular weight excluding hydrogens is 293 g/mol. The molecule has 0 spiro atoms. The second-order valence-electron chi connectivity index (χ2n) is 3.49. The normalized spacial score (nSPS) is 10.4. The Morgan fingerprint density at radius 3 is 2.67 bits per heavy atom. The molecule has 2 aromatic heterocycles. The Hall–Kier alpha value is -1.08. The van der Waals surface area contributed by atoms with Crippen LogP contribution in [0.25, 0.3) is 0 Å². The predicted octanol–water partition coefficient (Wildman–Crippen LogP) is 3.05. The molecule has 0 atom stereocenters. The summed E-state index contributed by atoms with van der Waals surface area (Å²) in [6, 6.07) is 1.59. The Morgan fingerprint density at radius 1 is 1.33 bits per heavy atom. The largest absolute Gasteiger partial charge is 0.364 e. The highest BCUT2D eigenvalue weighted by atomic mass is 35.5. The second-order valence-corrected chi connectivity index (χ2v) is 5.63. The highest BCUT2D eigenvalue weighted by Crippen LogP contribution is 2.29. The number of nitrogens with two attached hydrogens (primary N) is 1. The molecule has 0 saturated carbocycles. The first-order chi connectivity index (χ1) is 8.60. The SMILES string of the molecule is Cc1ncc(CNc2nc(NN)c(Cl)cc2Cl)s1. The summed E-state index contributed by atoms with van der Waals surface area (Å²) in [5, 5.41) is 4.96. The minimum absolute atomic E-state index is 0.377. The molecule has 2 heterocycles. The number of hydrazine groups is 1. The molecule has 2 aromatic rings. The van der Waals surface area contributed by atoms with Crippen LogP contribution in [-0.2, 0) is 6.54 Å². The smallest absolute Gasteiger partial charge is 0.161 e. The van der Waals surface area contributed by atoms with Crippen molar-refractivity contribution in [2.24, 2.45) is 5.84 Å². The summed E-state index contributed by atoms with van der Waals surface area (Å²) < 4.78 is 0. The number of pyridine rings is 1. The number of aromatic nitrogens is 2. The van der Waals surface area contributed by atoms with Gasteiger partial charge >= 0.3 is 0 Å². The standard InChI is InChI=1S/C10H11Cl2N5S/c1-5-14-3-6(18-5)4-15-9-7(11)2-8(12)10(16-9)17-13/h2-3H,4,13H2,1H3,(H2,15,16,17). The minimum Gasteiger partial charge on any atom is -0.364 e. The van der Waals surface area contributed by atoms with Gasteiger partial charge in [0.1, 0.15) is 5.82 Å². The van der Waals surface area contributed by atoms with Crippen molar-refractivity contribution in [1.29, 1.82) is 0 Å². The number of anilines is 2. The van der Waals surface area contributed by atoms with Gasteiger partial charge in [0, 0.05) is 11.1 Å². The van der Waals surface area contributed by atoms with Crippen molar-refractivity contribution in [3.8, 4) is 0 Å². The van der Waals surface area contributed by atoms with Crippen molar-refractivity contribution >= 4 is 46.2 Å². The summed E-state index contributed by atoms with van der Waals surface area (Å²) in [4.78, 5) is 9.46. The molecule has 2 rings (SSSR count). The molecule has 96 valence electrons. The molecule has 18 heavy (non-hydrogen) atoms. The number of nitrogens with one attached hydrogen (secondary N) is 2. The number of nitrogen functional groups attached to an aromatic ring is 1. The van der Waals surface area contributed by atoms with Crippen LogP contribution in [0.2, 0.25) is 10.0 Å². The van der Waals surface area contributed by atoms with E-state index in [1.165, 1.54) is 0 Å². The Morgan fingerprint density at radius 2 is 2.06 bits per heavy atom. The first-order valence-corrected chi connectivity index (χ1v) is 6.65. The van der Waals surface area contributed by atoms with Gasteiger partial charge in [-0.25, -0.2) is 15.8 Å². The number of aryl methyl sites for hydroxylation is 1. The van der Waals surface area contributed by atoms with E-state index in [0.717, 1.165) is 9.88 Å². The van der Waals surface area contributed by atoms with E-state index in [-0.39, 0.29) is 0 Å². The maximum atomic E-state index is 6.04. The third-order valence-corrected chi connectivity index (χ3v) is 3.65. The lowest BCUT2D eigenvalue weighted by atomic mass is 10.4. The minimum atomic E-state index is 0.377. The van der Waals surface area contributed by atoms with E-state index in [0.29, 0.717) is 28.2 Å². The molecule has 0 fully saturated rings. The van der Waals surface area contributed by atoms with Crippen LogP contribution in [0.3, 0.4) is 0 Å². The molecule has 0 aliphatic heterocycles. The number of hydrogen-bond donors (Lipinski definition) is 3. The van der Waals surface area contributed by atoms with Crippen LogP contribution in [0.4, 0.5) is 11.6 Å². The summed E-state index contributed by atoms with van der Waals surface area (Å²) in [7, 11) is 0. The molecule has 4 N–H and O–H groups in total. The van der Waals surface area contributed by atoms with E-state index in [4.69, 9.17) is 29.0 Å². The van der Waals surface area contributed by atoms with E-state index < -0.39 is 0 Å². The average molecular weight is 304 g/mol. The van der Waals surface area contributed by atoms with Crippen molar-refractivity contribution in [1.82, 2.24) is 9.97 Å². The monoisotopic (exact) mass is 303 g/mol. The maximum Gasteiger partial charge on any atom is 0.161 e. The van der Waals surface area contributed by atoms with Gasteiger partial charge in [-0.05, 0) is 13.0 Å². The van der Waals surface area contributed by atoms with Gasteiger partial charge in [-0.1, -0.05) is 23.2 Å². The average Bonchev–Trinajstić information content (AvgIpc) is 2.74. The van der Waals surface area contributed by atoms with Crippen LogP contribution in [0.15, 0.2) is 12.3 Å². The van der Waals surface area contributed by atoms with Gasteiger partial charge < -0.3 is 10.7 Å². The van der Waals surface area contributed by atoms with Gasteiger partial charge in [0.25, 0.3) is 0 Å². The highest BCUT2D eigenvalue weighted by Gasteiger charge is 2.08. The Bertz CT molecular complexity index is 557. The molecule has 0 amide bonds. The fourth-order valence-corrected chi connectivity index (χ4v) is 2.56. The number of rotatable bonds is 4. The van der Waals surface area contributed by atoms with Crippen molar-refractivity contribution < 1.29 is 0 Å². The predicted molar refractivity (Wildman–Crippen MR) is 76.2 cm³/mol. The number of thiazole rings is 1. The van der Waals surface area contributed by atoms with E-state index in [9.17, 15) is 0 Å².